The van der Waals surface area contributed by atoms with Crippen molar-refractivity contribution in [1.29, 1.82) is 0 Å². The smallest absolute Gasteiger partial charge is 0.279 e. The summed E-state index contributed by atoms with van der Waals surface area (Å²) in [6.45, 7) is 0.154. The van der Waals surface area contributed by atoms with Gasteiger partial charge in [0, 0.05) is 22.6 Å². The standard InChI is InChI=1S/C19H16N2O5S2/c22-18(12-4-2-1-3-5-12)20-19-21(14-9-28(23,24)10-17(14)27-19)13-6-7-15-16(8-13)26-11-25-15/h1-8,14,17H,9-11H2. The van der Waals surface area contributed by atoms with Crippen LogP contribution in [0, 0.1) is 0 Å². The number of amidine groups is 1. The zero-order chi connectivity index (χ0) is 19.3. The maximum atomic E-state index is 12.6. The van der Waals surface area contributed by atoms with E-state index in [0.29, 0.717) is 22.2 Å². The fourth-order valence-electron chi connectivity index (χ4n) is 3.63. The average molecular weight is 416 g/mol. The molecule has 144 valence electrons. The van der Waals surface area contributed by atoms with E-state index in [9.17, 15) is 13.2 Å². The molecule has 2 fully saturated rings. The van der Waals surface area contributed by atoms with Crippen LogP contribution in [0.3, 0.4) is 0 Å². The number of ether oxygens (including phenoxy) is 2. The first-order valence-corrected chi connectivity index (χ1v) is 11.4. The first-order chi connectivity index (χ1) is 13.5. The zero-order valence-electron chi connectivity index (χ0n) is 14.6. The van der Waals surface area contributed by atoms with Gasteiger partial charge in [-0.05, 0) is 24.3 Å². The van der Waals surface area contributed by atoms with E-state index >= 15 is 0 Å². The molecule has 0 aliphatic carbocycles. The summed E-state index contributed by atoms with van der Waals surface area (Å²) in [5.41, 5.74) is 1.23. The zero-order valence-corrected chi connectivity index (χ0v) is 16.3. The molecule has 7 nitrogen and oxygen atoms in total. The quantitative estimate of drug-likeness (QED) is 0.743. The third-order valence-corrected chi connectivity index (χ3v) is 8.13. The number of hydrogen-bond donors (Lipinski definition) is 0. The Kier molecular flexibility index (Phi) is 4.09. The van der Waals surface area contributed by atoms with Crippen LogP contribution in [-0.4, -0.2) is 49.1 Å². The number of carbonyl (C=O) groups excluding carboxylic acids is 1. The van der Waals surface area contributed by atoms with Crippen molar-refractivity contribution in [2.75, 3.05) is 23.2 Å². The van der Waals surface area contributed by atoms with Gasteiger partial charge in [-0.2, -0.15) is 4.99 Å². The summed E-state index contributed by atoms with van der Waals surface area (Å²) < 4.78 is 35.1. The van der Waals surface area contributed by atoms with E-state index in [1.807, 2.05) is 17.0 Å². The summed E-state index contributed by atoms with van der Waals surface area (Å²) in [6.07, 6.45) is 0. The van der Waals surface area contributed by atoms with Gasteiger partial charge >= 0.3 is 0 Å². The Labute approximate surface area is 166 Å². The molecule has 0 N–H and O–H groups in total. The van der Waals surface area contributed by atoms with Crippen LogP contribution in [0.15, 0.2) is 53.5 Å². The van der Waals surface area contributed by atoms with Gasteiger partial charge in [0.05, 0.1) is 17.5 Å². The molecule has 0 aromatic heterocycles. The van der Waals surface area contributed by atoms with Crippen molar-refractivity contribution in [3.63, 3.8) is 0 Å². The molecular formula is C19H16N2O5S2. The second kappa shape index (κ2) is 6.52. The highest BCUT2D eigenvalue weighted by Gasteiger charge is 2.49. The van der Waals surface area contributed by atoms with Gasteiger partial charge in [-0.3, -0.25) is 4.79 Å². The molecule has 2 aromatic rings. The maximum absolute atomic E-state index is 12.6. The normalized spacial score (nSPS) is 25.9. The number of amides is 1. The Morgan fingerprint density at radius 2 is 1.86 bits per heavy atom. The number of fused-ring (bicyclic) bond motifs is 2. The van der Waals surface area contributed by atoms with E-state index < -0.39 is 9.84 Å². The number of sulfone groups is 1. The third kappa shape index (κ3) is 3.04. The molecule has 1 amide bonds. The van der Waals surface area contributed by atoms with E-state index in [1.165, 1.54) is 11.8 Å². The Morgan fingerprint density at radius 1 is 1.07 bits per heavy atom. The number of nitrogens with zero attached hydrogens (tertiary/aromatic N) is 2. The number of benzene rings is 2. The predicted octanol–water partition coefficient (Wildman–Crippen LogP) is 2.33. The fourth-order valence-corrected chi connectivity index (χ4v) is 7.55. The molecule has 2 aromatic carbocycles. The third-order valence-electron chi connectivity index (χ3n) is 4.92. The second-order valence-corrected chi connectivity index (χ2v) is 10.1. The van der Waals surface area contributed by atoms with E-state index in [0.717, 1.165) is 5.69 Å². The molecule has 3 aliphatic heterocycles. The van der Waals surface area contributed by atoms with Gasteiger partial charge in [0.15, 0.2) is 26.5 Å². The number of anilines is 1. The Balaban J connectivity index is 1.55. The molecule has 2 atom stereocenters. The molecule has 0 bridgehead atoms. The fraction of sp³-hybridized carbons (Fsp3) is 0.263. The van der Waals surface area contributed by atoms with Gasteiger partial charge < -0.3 is 14.4 Å². The van der Waals surface area contributed by atoms with Crippen LogP contribution < -0.4 is 14.4 Å². The summed E-state index contributed by atoms with van der Waals surface area (Å²) in [7, 11) is -3.12. The lowest BCUT2D eigenvalue weighted by Gasteiger charge is -2.24. The lowest BCUT2D eigenvalue weighted by Crippen LogP contribution is -2.37. The molecule has 2 unspecified atom stereocenters. The molecule has 2 saturated heterocycles. The summed E-state index contributed by atoms with van der Waals surface area (Å²) in [5, 5.41) is 0.357. The topological polar surface area (TPSA) is 85.3 Å². The van der Waals surface area contributed by atoms with E-state index in [1.54, 1.807) is 36.4 Å². The first kappa shape index (κ1) is 17.6. The van der Waals surface area contributed by atoms with Crippen LogP contribution in [0.4, 0.5) is 5.69 Å². The second-order valence-electron chi connectivity index (χ2n) is 6.77. The molecule has 28 heavy (non-hydrogen) atoms. The number of carbonyl (C=O) groups is 1. The highest BCUT2D eigenvalue weighted by atomic mass is 32.2. The number of thioether (sulfide) groups is 1. The van der Waals surface area contributed by atoms with Crippen LogP contribution in [0.5, 0.6) is 11.5 Å². The van der Waals surface area contributed by atoms with Crippen molar-refractivity contribution in [2.24, 2.45) is 4.99 Å². The van der Waals surface area contributed by atoms with Gasteiger partial charge in [-0.1, -0.05) is 30.0 Å². The Morgan fingerprint density at radius 3 is 2.68 bits per heavy atom. The van der Waals surface area contributed by atoms with Crippen molar-refractivity contribution >= 4 is 38.4 Å². The number of aliphatic imine (C=N–C) groups is 1. The van der Waals surface area contributed by atoms with E-state index in [-0.39, 0.29) is 35.5 Å². The monoisotopic (exact) mass is 416 g/mol. The molecule has 0 radical (unpaired) electrons. The average Bonchev–Trinajstić information content (AvgIpc) is 3.33. The summed E-state index contributed by atoms with van der Waals surface area (Å²) in [6, 6.07) is 14.0. The summed E-state index contributed by atoms with van der Waals surface area (Å²) in [5.74, 6) is 1.02. The SMILES string of the molecule is O=C(N=C1SC2CS(=O)(=O)CC2N1c1ccc2c(c1)OCO2)c1ccccc1. The highest BCUT2D eigenvalue weighted by molar-refractivity contribution is 8.16. The molecule has 0 spiro atoms. The van der Waals surface area contributed by atoms with Gasteiger partial charge in [0.25, 0.3) is 5.91 Å². The van der Waals surface area contributed by atoms with Gasteiger partial charge in [0.1, 0.15) is 0 Å². The minimum Gasteiger partial charge on any atom is -0.454 e. The minimum atomic E-state index is -3.12. The lowest BCUT2D eigenvalue weighted by molar-refractivity contribution is 0.100. The maximum Gasteiger partial charge on any atom is 0.279 e. The molecule has 0 saturated carbocycles. The van der Waals surface area contributed by atoms with Crippen LogP contribution in [-0.2, 0) is 9.84 Å². The summed E-state index contributed by atoms with van der Waals surface area (Å²) in [4.78, 5) is 18.8. The van der Waals surface area contributed by atoms with Crippen molar-refractivity contribution in [3.8, 4) is 11.5 Å². The Hall–Kier alpha value is -2.52. The van der Waals surface area contributed by atoms with Crippen LogP contribution in [0.2, 0.25) is 0 Å². The summed E-state index contributed by atoms with van der Waals surface area (Å²) >= 11 is 1.35. The van der Waals surface area contributed by atoms with Crippen LogP contribution in [0.25, 0.3) is 0 Å². The molecule has 3 aliphatic rings. The van der Waals surface area contributed by atoms with Crippen molar-refractivity contribution in [1.82, 2.24) is 0 Å². The largest absolute Gasteiger partial charge is 0.454 e. The van der Waals surface area contributed by atoms with Gasteiger partial charge in [-0.15, -0.1) is 0 Å². The minimum absolute atomic E-state index is 0.0393. The molecule has 9 heteroatoms. The van der Waals surface area contributed by atoms with Crippen molar-refractivity contribution in [2.45, 2.75) is 11.3 Å². The van der Waals surface area contributed by atoms with Crippen molar-refractivity contribution in [3.05, 3.63) is 54.1 Å². The first-order valence-electron chi connectivity index (χ1n) is 8.74. The number of hydrogen-bond acceptors (Lipinski definition) is 6. The van der Waals surface area contributed by atoms with Crippen molar-refractivity contribution < 1.29 is 22.7 Å². The number of rotatable bonds is 2. The van der Waals surface area contributed by atoms with E-state index in [4.69, 9.17) is 9.47 Å². The molecular weight excluding hydrogens is 400 g/mol. The molecule has 3 heterocycles. The van der Waals surface area contributed by atoms with Crippen LogP contribution in [0.1, 0.15) is 10.4 Å². The van der Waals surface area contributed by atoms with E-state index in [2.05, 4.69) is 4.99 Å². The van der Waals surface area contributed by atoms with Crippen LogP contribution >= 0.6 is 11.8 Å². The Bertz CT molecular complexity index is 1080. The molecule has 5 rings (SSSR count). The van der Waals surface area contributed by atoms with Gasteiger partial charge in [-0.25, -0.2) is 8.42 Å². The van der Waals surface area contributed by atoms with Gasteiger partial charge in [0.2, 0.25) is 6.79 Å². The highest BCUT2D eigenvalue weighted by Crippen LogP contribution is 2.44. The predicted molar refractivity (Wildman–Crippen MR) is 107 cm³/mol. The lowest BCUT2D eigenvalue weighted by atomic mass is 10.2.